The summed E-state index contributed by atoms with van der Waals surface area (Å²) in [6, 6.07) is 16.6. The predicted molar refractivity (Wildman–Crippen MR) is 128 cm³/mol. The van der Waals surface area contributed by atoms with E-state index in [4.69, 9.17) is 42.1 Å². The van der Waals surface area contributed by atoms with Crippen LogP contribution in [0.1, 0.15) is 16.7 Å². The van der Waals surface area contributed by atoms with Gasteiger partial charge in [-0.15, -0.1) is 0 Å². The third kappa shape index (κ3) is 6.22. The lowest BCUT2D eigenvalue weighted by Crippen LogP contribution is -2.06. The fourth-order valence-electron chi connectivity index (χ4n) is 2.93. The van der Waals surface area contributed by atoms with Crippen LogP contribution in [0, 0.1) is 0 Å². The zero-order valence-electron chi connectivity index (χ0n) is 18.0. The summed E-state index contributed by atoms with van der Waals surface area (Å²) < 4.78 is 21.9. The van der Waals surface area contributed by atoms with E-state index in [1.54, 1.807) is 39.7 Å². The van der Waals surface area contributed by atoms with Gasteiger partial charge in [0.05, 0.1) is 34.1 Å². The lowest BCUT2D eigenvalue weighted by molar-refractivity contribution is 0.284. The lowest BCUT2D eigenvalue weighted by Gasteiger charge is -2.12. The maximum atomic E-state index is 6.21. The summed E-state index contributed by atoms with van der Waals surface area (Å²) in [4.78, 5) is 0. The molecule has 3 aromatic carbocycles. The standard InChI is InChI=1S/C24H24Cl2N2O4/c1-29-21-8-4-16(10-23(21)30-2)13-27-28-14-17-5-9-22(24(11-17)31-3)32-15-18-6-7-19(25)12-20(18)26/h4-12,14,27H,13,15H2,1-3H3/b28-14+. The van der Waals surface area contributed by atoms with Crippen LogP contribution >= 0.6 is 23.2 Å². The Bertz CT molecular complexity index is 1090. The zero-order valence-corrected chi connectivity index (χ0v) is 19.5. The van der Waals surface area contributed by atoms with Crippen LogP contribution in [-0.2, 0) is 13.2 Å². The molecule has 0 aromatic heterocycles. The molecule has 0 radical (unpaired) electrons. The maximum Gasteiger partial charge on any atom is 0.161 e. The molecule has 3 aromatic rings. The molecular weight excluding hydrogens is 451 g/mol. The summed E-state index contributed by atoms with van der Waals surface area (Å²) >= 11 is 12.1. The highest BCUT2D eigenvalue weighted by Crippen LogP contribution is 2.30. The van der Waals surface area contributed by atoms with Gasteiger partial charge < -0.3 is 24.4 Å². The molecule has 0 heterocycles. The molecule has 0 amide bonds. The highest BCUT2D eigenvalue weighted by Gasteiger charge is 2.08. The van der Waals surface area contributed by atoms with Crippen molar-refractivity contribution in [1.82, 2.24) is 5.43 Å². The number of methoxy groups -OCH3 is 3. The van der Waals surface area contributed by atoms with Gasteiger partial charge in [0.25, 0.3) is 0 Å². The first kappa shape index (κ1) is 23.6. The van der Waals surface area contributed by atoms with E-state index in [0.717, 1.165) is 16.7 Å². The number of hydrazone groups is 1. The van der Waals surface area contributed by atoms with Crippen LogP contribution in [0.25, 0.3) is 0 Å². The Balaban J connectivity index is 1.59. The van der Waals surface area contributed by atoms with E-state index < -0.39 is 0 Å². The summed E-state index contributed by atoms with van der Waals surface area (Å²) in [5.41, 5.74) is 5.74. The average Bonchev–Trinajstić information content (AvgIpc) is 2.81. The predicted octanol–water partition coefficient (Wildman–Crippen LogP) is 5.72. The average molecular weight is 475 g/mol. The second kappa shape index (κ2) is 11.5. The van der Waals surface area contributed by atoms with Gasteiger partial charge in [-0.05, 0) is 53.6 Å². The molecule has 0 aliphatic carbocycles. The third-order valence-corrected chi connectivity index (χ3v) is 5.21. The summed E-state index contributed by atoms with van der Waals surface area (Å²) in [6.07, 6.45) is 1.71. The maximum absolute atomic E-state index is 6.21. The number of hydrogen-bond donors (Lipinski definition) is 1. The highest BCUT2D eigenvalue weighted by molar-refractivity contribution is 6.35. The number of nitrogens with zero attached hydrogens (tertiary/aromatic N) is 1. The molecular formula is C24H24Cl2N2O4. The van der Waals surface area contributed by atoms with E-state index in [2.05, 4.69) is 10.5 Å². The first-order valence-corrected chi connectivity index (χ1v) is 10.5. The summed E-state index contributed by atoms with van der Waals surface area (Å²) in [7, 11) is 4.81. The van der Waals surface area contributed by atoms with Gasteiger partial charge >= 0.3 is 0 Å². The van der Waals surface area contributed by atoms with Crippen LogP contribution in [0.5, 0.6) is 23.0 Å². The van der Waals surface area contributed by atoms with Crippen molar-refractivity contribution in [3.63, 3.8) is 0 Å². The Morgan fingerprint density at radius 3 is 2.25 bits per heavy atom. The molecule has 1 N–H and O–H groups in total. The van der Waals surface area contributed by atoms with Crippen LogP contribution in [0.15, 0.2) is 59.7 Å². The smallest absolute Gasteiger partial charge is 0.161 e. The lowest BCUT2D eigenvalue weighted by atomic mass is 10.2. The molecule has 8 heteroatoms. The van der Waals surface area contributed by atoms with Crippen LogP contribution in [0.2, 0.25) is 10.0 Å². The highest BCUT2D eigenvalue weighted by atomic mass is 35.5. The van der Waals surface area contributed by atoms with E-state index in [9.17, 15) is 0 Å². The minimum atomic E-state index is 0.298. The van der Waals surface area contributed by atoms with E-state index in [0.29, 0.717) is 46.2 Å². The number of halogens is 2. The van der Waals surface area contributed by atoms with Crippen molar-refractivity contribution in [3.05, 3.63) is 81.3 Å². The first-order valence-electron chi connectivity index (χ1n) is 9.75. The molecule has 0 fully saturated rings. The first-order chi connectivity index (χ1) is 15.5. The second-order valence-electron chi connectivity index (χ2n) is 6.72. The molecule has 0 aliphatic heterocycles. The molecule has 0 spiro atoms. The largest absolute Gasteiger partial charge is 0.493 e. The molecule has 0 aliphatic rings. The molecule has 0 unspecified atom stereocenters. The second-order valence-corrected chi connectivity index (χ2v) is 7.56. The van der Waals surface area contributed by atoms with Crippen molar-refractivity contribution in [2.24, 2.45) is 5.10 Å². The number of ether oxygens (including phenoxy) is 4. The monoisotopic (exact) mass is 474 g/mol. The van der Waals surface area contributed by atoms with Crippen molar-refractivity contribution >= 4 is 29.4 Å². The van der Waals surface area contributed by atoms with E-state index in [-0.39, 0.29) is 0 Å². The van der Waals surface area contributed by atoms with Crippen LogP contribution < -0.4 is 24.4 Å². The van der Waals surface area contributed by atoms with Crippen molar-refractivity contribution in [2.45, 2.75) is 13.2 Å². The SMILES string of the molecule is COc1ccc(CN/N=C/c2ccc(OCc3ccc(Cl)cc3Cl)c(OC)c2)cc1OC. The molecule has 168 valence electrons. The van der Waals surface area contributed by atoms with Gasteiger partial charge in [0.2, 0.25) is 0 Å². The number of benzene rings is 3. The van der Waals surface area contributed by atoms with Gasteiger partial charge in [-0.2, -0.15) is 5.10 Å². The normalized spacial score (nSPS) is 10.8. The van der Waals surface area contributed by atoms with Crippen molar-refractivity contribution in [2.75, 3.05) is 21.3 Å². The summed E-state index contributed by atoms with van der Waals surface area (Å²) in [6.45, 7) is 0.837. The Morgan fingerprint density at radius 2 is 1.53 bits per heavy atom. The zero-order chi connectivity index (χ0) is 22.9. The molecule has 3 rings (SSSR count). The van der Waals surface area contributed by atoms with Crippen molar-refractivity contribution in [3.8, 4) is 23.0 Å². The topological polar surface area (TPSA) is 61.3 Å². The van der Waals surface area contributed by atoms with Gasteiger partial charge in [0, 0.05) is 15.6 Å². The van der Waals surface area contributed by atoms with Crippen LogP contribution in [-0.4, -0.2) is 27.5 Å². The van der Waals surface area contributed by atoms with Gasteiger partial charge in [-0.25, -0.2) is 0 Å². The van der Waals surface area contributed by atoms with Crippen molar-refractivity contribution in [1.29, 1.82) is 0 Å². The van der Waals surface area contributed by atoms with Crippen LogP contribution in [0.4, 0.5) is 0 Å². The van der Waals surface area contributed by atoms with Gasteiger partial charge in [-0.3, -0.25) is 0 Å². The van der Waals surface area contributed by atoms with E-state index in [1.807, 2.05) is 42.5 Å². The minimum Gasteiger partial charge on any atom is -0.493 e. The summed E-state index contributed by atoms with van der Waals surface area (Å²) in [5, 5.41) is 5.42. The van der Waals surface area contributed by atoms with E-state index in [1.165, 1.54) is 0 Å². The Kier molecular flexibility index (Phi) is 8.48. The fraction of sp³-hybridized carbons (Fsp3) is 0.208. The summed E-state index contributed by atoms with van der Waals surface area (Å²) in [5.74, 6) is 2.57. The third-order valence-electron chi connectivity index (χ3n) is 4.62. The molecule has 0 bridgehead atoms. The molecule has 0 saturated carbocycles. The number of rotatable bonds is 10. The van der Waals surface area contributed by atoms with Gasteiger partial charge in [0.15, 0.2) is 23.0 Å². The number of hydrogen-bond acceptors (Lipinski definition) is 6. The Labute approximate surface area is 197 Å². The quantitative estimate of drug-likeness (QED) is 0.300. The molecule has 6 nitrogen and oxygen atoms in total. The fourth-order valence-corrected chi connectivity index (χ4v) is 3.39. The minimum absolute atomic E-state index is 0.298. The van der Waals surface area contributed by atoms with Gasteiger partial charge in [0.1, 0.15) is 6.61 Å². The Hall–Kier alpha value is -3.09. The molecule has 0 atom stereocenters. The van der Waals surface area contributed by atoms with Gasteiger partial charge in [-0.1, -0.05) is 35.3 Å². The van der Waals surface area contributed by atoms with E-state index >= 15 is 0 Å². The number of nitrogens with one attached hydrogen (secondary N) is 1. The van der Waals surface area contributed by atoms with Crippen molar-refractivity contribution < 1.29 is 18.9 Å². The molecule has 0 saturated heterocycles. The Morgan fingerprint density at radius 1 is 0.812 bits per heavy atom. The molecule has 32 heavy (non-hydrogen) atoms. The van der Waals surface area contributed by atoms with Crippen LogP contribution in [0.3, 0.4) is 0 Å².